The lowest BCUT2D eigenvalue weighted by molar-refractivity contribution is -0.119. The highest BCUT2D eigenvalue weighted by molar-refractivity contribution is 6.00. The molecule has 2 aliphatic heterocycles. The number of amides is 1. The third-order valence-corrected chi connectivity index (χ3v) is 9.43. The van der Waals surface area contributed by atoms with Crippen molar-refractivity contribution in [3.63, 3.8) is 0 Å². The van der Waals surface area contributed by atoms with E-state index in [1.807, 2.05) is 6.20 Å². The second kappa shape index (κ2) is 12.1. The number of nitrogens with zero attached hydrogens (tertiary/aromatic N) is 5. The Kier molecular flexibility index (Phi) is 8.24. The fraction of sp³-hybridized carbons (Fsp3) is 0.515. The van der Waals surface area contributed by atoms with Gasteiger partial charge in [-0.3, -0.25) is 9.69 Å². The van der Waals surface area contributed by atoms with Gasteiger partial charge in [-0.15, -0.1) is 0 Å². The number of carbonyl (C=O) groups is 2. The number of piperidine rings is 2. The van der Waals surface area contributed by atoms with Gasteiger partial charge in [0.2, 0.25) is 5.91 Å². The van der Waals surface area contributed by atoms with E-state index in [1.54, 1.807) is 15.4 Å². The molecule has 1 amide bonds. The topological polar surface area (TPSA) is 120 Å². The zero-order chi connectivity index (χ0) is 30.2. The molecule has 1 atom stereocenters. The van der Waals surface area contributed by atoms with E-state index in [2.05, 4.69) is 66.2 Å². The molecule has 4 aromatic rings. The number of pyridine rings is 1. The number of hydrogen-bond donors (Lipinski definition) is 2. The van der Waals surface area contributed by atoms with Crippen molar-refractivity contribution in [2.45, 2.75) is 77.7 Å². The maximum atomic E-state index is 14.1. The standard InChI is InChI=1S/C33H43N7O3/c1-20(2)30-26-15-24(23-10-13-38(14-11-23)17-29(34)41)8-9-28(26)40(33(42)43-18-25-7-5-6-12-35-25)31(30)27-16-39-32(36-19-37-39)22(4)21(27)3/h8-9,15-16,19-20,23,25,35H,5-7,10-14,17-18H2,1-4H3,(H2,34,41)/t25-/m0/s1. The number of primary amides is 1. The molecule has 6 rings (SSSR count). The predicted molar refractivity (Wildman–Crippen MR) is 167 cm³/mol. The molecule has 0 spiro atoms. The quantitative estimate of drug-likeness (QED) is 0.317. The molecule has 0 radical (unpaired) electrons. The Bertz CT molecular complexity index is 1660. The van der Waals surface area contributed by atoms with E-state index in [-0.39, 0.29) is 24.0 Å². The van der Waals surface area contributed by atoms with Crippen molar-refractivity contribution >= 4 is 28.6 Å². The minimum atomic E-state index is -0.359. The Balaban J connectivity index is 1.46. The second-order valence-electron chi connectivity index (χ2n) is 12.6. The van der Waals surface area contributed by atoms with Gasteiger partial charge < -0.3 is 15.8 Å². The van der Waals surface area contributed by atoms with Gasteiger partial charge in [0.05, 0.1) is 17.8 Å². The molecule has 2 fully saturated rings. The number of benzene rings is 1. The van der Waals surface area contributed by atoms with Crippen molar-refractivity contribution in [2.75, 3.05) is 32.8 Å². The Morgan fingerprint density at radius 3 is 2.60 bits per heavy atom. The van der Waals surface area contributed by atoms with E-state index < -0.39 is 0 Å². The van der Waals surface area contributed by atoms with Gasteiger partial charge in [0.25, 0.3) is 0 Å². The molecule has 0 bridgehead atoms. The van der Waals surface area contributed by atoms with Gasteiger partial charge >= 0.3 is 6.09 Å². The molecule has 0 unspecified atom stereocenters. The lowest BCUT2D eigenvalue weighted by Gasteiger charge is -2.31. The number of nitrogens with two attached hydrogens (primary N) is 1. The first-order valence-corrected chi connectivity index (χ1v) is 15.6. The van der Waals surface area contributed by atoms with E-state index >= 15 is 0 Å². The molecule has 0 saturated carbocycles. The molecule has 2 saturated heterocycles. The average molecular weight is 586 g/mol. The summed E-state index contributed by atoms with van der Waals surface area (Å²) in [7, 11) is 0. The number of rotatable bonds is 7. The minimum Gasteiger partial charge on any atom is -0.447 e. The minimum absolute atomic E-state index is 0.144. The van der Waals surface area contributed by atoms with Crippen molar-refractivity contribution < 1.29 is 14.3 Å². The highest BCUT2D eigenvalue weighted by Gasteiger charge is 2.29. The van der Waals surface area contributed by atoms with Crippen molar-refractivity contribution in [3.05, 3.63) is 53.0 Å². The summed E-state index contributed by atoms with van der Waals surface area (Å²) in [6, 6.07) is 6.71. The molecule has 5 heterocycles. The van der Waals surface area contributed by atoms with Crippen LogP contribution in [0.4, 0.5) is 4.79 Å². The van der Waals surface area contributed by atoms with Crippen LogP contribution in [0.25, 0.3) is 27.8 Å². The van der Waals surface area contributed by atoms with E-state index in [0.29, 0.717) is 19.1 Å². The number of aryl methyl sites for hydroxylation is 1. The van der Waals surface area contributed by atoms with Gasteiger partial charge in [-0.2, -0.15) is 5.10 Å². The first-order chi connectivity index (χ1) is 20.7. The van der Waals surface area contributed by atoms with Crippen LogP contribution in [-0.2, 0) is 9.53 Å². The lowest BCUT2D eigenvalue weighted by Crippen LogP contribution is -2.39. The maximum Gasteiger partial charge on any atom is 0.419 e. The van der Waals surface area contributed by atoms with Gasteiger partial charge in [0, 0.05) is 23.2 Å². The van der Waals surface area contributed by atoms with Crippen LogP contribution >= 0.6 is 0 Å². The maximum absolute atomic E-state index is 14.1. The van der Waals surface area contributed by atoms with E-state index in [4.69, 9.17) is 10.5 Å². The monoisotopic (exact) mass is 585 g/mol. The van der Waals surface area contributed by atoms with Crippen molar-refractivity contribution in [1.29, 1.82) is 0 Å². The lowest BCUT2D eigenvalue weighted by atomic mass is 9.87. The fourth-order valence-electron chi connectivity index (χ4n) is 7.01. The first-order valence-electron chi connectivity index (χ1n) is 15.6. The summed E-state index contributed by atoms with van der Waals surface area (Å²) in [6.07, 6.45) is 8.43. The van der Waals surface area contributed by atoms with E-state index in [9.17, 15) is 9.59 Å². The van der Waals surface area contributed by atoms with Crippen LogP contribution < -0.4 is 11.1 Å². The molecule has 228 valence electrons. The summed E-state index contributed by atoms with van der Waals surface area (Å²) in [5.74, 6) is 0.238. The predicted octanol–water partition coefficient (Wildman–Crippen LogP) is 4.88. The SMILES string of the molecule is Cc1c(-c2c(C(C)C)c3cc(C4CCN(CC(N)=O)CC4)ccc3n2C(=O)OC[C@@H]2CCCCN2)cn2ncnc2c1C. The Labute approximate surface area is 252 Å². The van der Waals surface area contributed by atoms with Crippen LogP contribution in [0, 0.1) is 13.8 Å². The van der Waals surface area contributed by atoms with Crippen molar-refractivity contribution in [2.24, 2.45) is 5.73 Å². The third-order valence-electron chi connectivity index (χ3n) is 9.43. The molecular weight excluding hydrogens is 542 g/mol. The highest BCUT2D eigenvalue weighted by atomic mass is 16.5. The normalized spacial score (nSPS) is 18.6. The largest absolute Gasteiger partial charge is 0.447 e. The summed E-state index contributed by atoms with van der Waals surface area (Å²) >= 11 is 0. The van der Waals surface area contributed by atoms with Crippen LogP contribution in [0.3, 0.4) is 0 Å². The number of ether oxygens (including phenoxy) is 1. The van der Waals surface area contributed by atoms with Gasteiger partial charge in [-0.1, -0.05) is 26.3 Å². The summed E-state index contributed by atoms with van der Waals surface area (Å²) < 4.78 is 9.63. The van der Waals surface area contributed by atoms with Gasteiger partial charge in [0.1, 0.15) is 12.9 Å². The zero-order valence-electron chi connectivity index (χ0n) is 25.7. The summed E-state index contributed by atoms with van der Waals surface area (Å²) in [5, 5.41) is 9.01. The van der Waals surface area contributed by atoms with E-state index in [1.165, 1.54) is 5.56 Å². The average Bonchev–Trinajstić information content (AvgIpc) is 3.61. The smallest absolute Gasteiger partial charge is 0.419 e. The van der Waals surface area contributed by atoms with Crippen LogP contribution in [0.5, 0.6) is 0 Å². The molecule has 10 nitrogen and oxygen atoms in total. The van der Waals surface area contributed by atoms with Crippen LogP contribution in [-0.4, -0.2) is 74.9 Å². The first kappa shape index (κ1) is 29.3. The molecule has 0 aliphatic carbocycles. The number of aromatic nitrogens is 4. The number of carbonyl (C=O) groups excluding carboxylic acids is 2. The van der Waals surface area contributed by atoms with Crippen LogP contribution in [0.15, 0.2) is 30.7 Å². The molecule has 3 N–H and O–H groups in total. The number of hydrogen-bond acceptors (Lipinski definition) is 7. The second-order valence-corrected chi connectivity index (χ2v) is 12.6. The summed E-state index contributed by atoms with van der Waals surface area (Å²) in [4.78, 5) is 32.1. The Hall–Kier alpha value is -3.76. The highest BCUT2D eigenvalue weighted by Crippen LogP contribution is 2.42. The molecule has 3 aromatic heterocycles. The van der Waals surface area contributed by atoms with Gasteiger partial charge in [0.15, 0.2) is 5.65 Å². The number of likely N-dealkylation sites (tertiary alicyclic amines) is 1. The van der Waals surface area contributed by atoms with Gasteiger partial charge in [-0.25, -0.2) is 18.9 Å². The molecule has 2 aliphatic rings. The number of fused-ring (bicyclic) bond motifs is 2. The van der Waals surface area contributed by atoms with Gasteiger partial charge in [-0.05, 0) is 105 Å². The van der Waals surface area contributed by atoms with Crippen LogP contribution in [0.1, 0.15) is 80.0 Å². The third kappa shape index (κ3) is 5.65. The molecular formula is C33H43N7O3. The van der Waals surface area contributed by atoms with Crippen molar-refractivity contribution in [3.8, 4) is 11.3 Å². The summed E-state index contributed by atoms with van der Waals surface area (Å²) in [6.45, 7) is 11.8. The molecule has 43 heavy (non-hydrogen) atoms. The summed E-state index contributed by atoms with van der Waals surface area (Å²) in [5.41, 5.74) is 13.4. The molecule has 10 heteroatoms. The number of nitrogens with one attached hydrogen (secondary N) is 1. The Morgan fingerprint density at radius 1 is 1.12 bits per heavy atom. The fourth-order valence-corrected chi connectivity index (χ4v) is 7.01. The molecule has 1 aromatic carbocycles. The Morgan fingerprint density at radius 2 is 1.91 bits per heavy atom. The van der Waals surface area contributed by atoms with E-state index in [0.717, 1.165) is 96.2 Å². The van der Waals surface area contributed by atoms with Crippen LogP contribution in [0.2, 0.25) is 0 Å². The zero-order valence-corrected chi connectivity index (χ0v) is 25.7. The van der Waals surface area contributed by atoms with Crippen molar-refractivity contribution in [1.82, 2.24) is 29.4 Å².